The van der Waals surface area contributed by atoms with Crippen LogP contribution in [0.1, 0.15) is 46.2 Å². The van der Waals surface area contributed by atoms with E-state index in [4.69, 9.17) is 0 Å². The lowest BCUT2D eigenvalue weighted by Gasteiger charge is -2.32. The summed E-state index contributed by atoms with van der Waals surface area (Å²) >= 11 is 0. The van der Waals surface area contributed by atoms with Gasteiger partial charge in [-0.25, -0.2) is 4.39 Å². The quantitative estimate of drug-likeness (QED) is 0.804. The van der Waals surface area contributed by atoms with E-state index in [1.54, 1.807) is 6.07 Å². The Labute approximate surface area is 123 Å². The summed E-state index contributed by atoms with van der Waals surface area (Å²) in [5.74, 6) is 0.978. The van der Waals surface area contributed by atoms with Gasteiger partial charge in [-0.3, -0.25) is 0 Å². The highest BCUT2D eigenvalue weighted by atomic mass is 19.1. The van der Waals surface area contributed by atoms with Crippen molar-refractivity contribution in [1.29, 1.82) is 0 Å². The van der Waals surface area contributed by atoms with Crippen molar-refractivity contribution < 1.29 is 4.39 Å². The van der Waals surface area contributed by atoms with Crippen molar-refractivity contribution in [1.82, 2.24) is 5.32 Å². The van der Waals surface area contributed by atoms with Crippen LogP contribution in [0.25, 0.3) is 0 Å². The summed E-state index contributed by atoms with van der Waals surface area (Å²) in [6.45, 7) is 12.7. The van der Waals surface area contributed by atoms with Crippen LogP contribution in [-0.4, -0.2) is 20.1 Å². The highest BCUT2D eigenvalue weighted by Crippen LogP contribution is 2.30. The van der Waals surface area contributed by atoms with Gasteiger partial charge >= 0.3 is 0 Å². The summed E-state index contributed by atoms with van der Waals surface area (Å²) in [5.41, 5.74) is 1.80. The van der Waals surface area contributed by atoms with Crippen LogP contribution in [0.4, 0.5) is 10.1 Å². The number of benzene rings is 1. The van der Waals surface area contributed by atoms with Gasteiger partial charge in [0.2, 0.25) is 0 Å². The van der Waals surface area contributed by atoms with Crippen molar-refractivity contribution in [2.45, 2.75) is 40.7 Å². The summed E-state index contributed by atoms with van der Waals surface area (Å²) in [6, 6.07) is 5.41. The molecule has 0 aliphatic carbocycles. The van der Waals surface area contributed by atoms with Crippen molar-refractivity contribution in [3.63, 3.8) is 0 Å². The van der Waals surface area contributed by atoms with Crippen LogP contribution >= 0.6 is 0 Å². The van der Waals surface area contributed by atoms with Crippen LogP contribution < -0.4 is 10.2 Å². The highest BCUT2D eigenvalue weighted by molar-refractivity contribution is 5.55. The van der Waals surface area contributed by atoms with Gasteiger partial charge in [0.25, 0.3) is 0 Å². The SMILES string of the molecule is CNC(C)c1c(F)cccc1N(CC(C)C)CC(C)C. The van der Waals surface area contributed by atoms with Gasteiger partial charge in [-0.05, 0) is 37.9 Å². The third-order valence-corrected chi connectivity index (χ3v) is 3.41. The second-order valence-electron chi connectivity index (χ2n) is 6.38. The van der Waals surface area contributed by atoms with E-state index >= 15 is 0 Å². The van der Waals surface area contributed by atoms with E-state index < -0.39 is 0 Å². The maximum atomic E-state index is 14.3. The lowest BCUT2D eigenvalue weighted by Crippen LogP contribution is -2.33. The van der Waals surface area contributed by atoms with E-state index in [0.717, 1.165) is 24.3 Å². The van der Waals surface area contributed by atoms with Gasteiger partial charge in [0.1, 0.15) is 5.82 Å². The largest absolute Gasteiger partial charge is 0.371 e. The van der Waals surface area contributed by atoms with Crippen molar-refractivity contribution in [2.24, 2.45) is 11.8 Å². The maximum Gasteiger partial charge on any atom is 0.130 e. The number of nitrogens with zero attached hydrogens (tertiary/aromatic N) is 1. The second kappa shape index (κ2) is 7.63. The Balaban J connectivity index is 3.20. The Morgan fingerprint density at radius 2 is 1.60 bits per heavy atom. The Hall–Kier alpha value is -1.09. The molecule has 0 heterocycles. The lowest BCUT2D eigenvalue weighted by atomic mass is 10.0. The molecule has 1 aromatic carbocycles. The molecule has 1 atom stereocenters. The van der Waals surface area contributed by atoms with E-state index in [9.17, 15) is 4.39 Å². The fraction of sp³-hybridized carbons (Fsp3) is 0.647. The first kappa shape index (κ1) is 17.0. The Morgan fingerprint density at radius 1 is 1.05 bits per heavy atom. The average molecular weight is 280 g/mol. The molecule has 114 valence electrons. The van der Waals surface area contributed by atoms with E-state index in [2.05, 4.69) is 37.9 Å². The van der Waals surface area contributed by atoms with Crippen LogP contribution in [0.5, 0.6) is 0 Å². The minimum atomic E-state index is -0.123. The minimum Gasteiger partial charge on any atom is -0.371 e. The van der Waals surface area contributed by atoms with Gasteiger partial charge in [0, 0.05) is 30.4 Å². The Morgan fingerprint density at radius 3 is 2.05 bits per heavy atom. The van der Waals surface area contributed by atoms with Gasteiger partial charge in [-0.1, -0.05) is 33.8 Å². The molecule has 1 aromatic rings. The van der Waals surface area contributed by atoms with Gasteiger partial charge < -0.3 is 10.2 Å². The minimum absolute atomic E-state index is 0.00743. The van der Waals surface area contributed by atoms with Crippen LogP contribution in [-0.2, 0) is 0 Å². The number of nitrogens with one attached hydrogen (secondary N) is 1. The Kier molecular flexibility index (Phi) is 6.47. The van der Waals surface area contributed by atoms with Crippen molar-refractivity contribution in [2.75, 3.05) is 25.0 Å². The zero-order valence-corrected chi connectivity index (χ0v) is 13.7. The van der Waals surface area contributed by atoms with Crippen molar-refractivity contribution in [3.8, 4) is 0 Å². The molecule has 3 heteroatoms. The van der Waals surface area contributed by atoms with Crippen LogP contribution in [0.3, 0.4) is 0 Å². The molecule has 2 nitrogen and oxygen atoms in total. The molecule has 1 unspecified atom stereocenters. The molecule has 0 aromatic heterocycles. The fourth-order valence-corrected chi connectivity index (χ4v) is 2.53. The predicted molar refractivity (Wildman–Crippen MR) is 85.8 cm³/mol. The normalized spacial score (nSPS) is 13.1. The van der Waals surface area contributed by atoms with Crippen molar-refractivity contribution in [3.05, 3.63) is 29.6 Å². The number of halogens is 1. The summed E-state index contributed by atoms with van der Waals surface area (Å²) in [4.78, 5) is 2.32. The van der Waals surface area contributed by atoms with E-state index in [1.807, 2.05) is 26.1 Å². The zero-order valence-electron chi connectivity index (χ0n) is 13.7. The first-order valence-electron chi connectivity index (χ1n) is 7.57. The third-order valence-electron chi connectivity index (χ3n) is 3.41. The molecule has 0 radical (unpaired) electrons. The highest BCUT2D eigenvalue weighted by Gasteiger charge is 2.20. The average Bonchev–Trinajstić information content (AvgIpc) is 2.35. The van der Waals surface area contributed by atoms with Gasteiger partial charge in [-0.2, -0.15) is 0 Å². The number of hydrogen-bond donors (Lipinski definition) is 1. The molecular formula is C17H29FN2. The van der Waals surface area contributed by atoms with Crippen LogP contribution in [0.2, 0.25) is 0 Å². The standard InChI is InChI=1S/C17H29FN2/c1-12(2)10-20(11-13(3)4)16-9-7-8-15(18)17(16)14(5)19-6/h7-9,12-14,19H,10-11H2,1-6H3. The molecule has 1 N–H and O–H groups in total. The molecule has 0 aliphatic rings. The predicted octanol–water partition coefficient (Wildman–Crippen LogP) is 4.22. The van der Waals surface area contributed by atoms with Crippen molar-refractivity contribution >= 4 is 5.69 Å². The topological polar surface area (TPSA) is 15.3 Å². The zero-order chi connectivity index (χ0) is 15.3. The first-order chi connectivity index (χ1) is 9.36. The molecule has 0 aliphatic heterocycles. The van der Waals surface area contributed by atoms with Gasteiger partial charge in [0.15, 0.2) is 0 Å². The number of rotatable bonds is 7. The molecule has 1 rings (SSSR count). The summed E-state index contributed by atoms with van der Waals surface area (Å²) in [7, 11) is 1.87. The summed E-state index contributed by atoms with van der Waals surface area (Å²) in [6.07, 6.45) is 0. The number of anilines is 1. The van der Waals surface area contributed by atoms with E-state index in [1.165, 1.54) is 0 Å². The molecule has 0 amide bonds. The molecule has 0 spiro atoms. The van der Waals surface area contributed by atoms with Crippen LogP contribution in [0.15, 0.2) is 18.2 Å². The fourth-order valence-electron chi connectivity index (χ4n) is 2.53. The van der Waals surface area contributed by atoms with E-state index in [0.29, 0.717) is 11.8 Å². The van der Waals surface area contributed by atoms with Crippen LogP contribution in [0, 0.1) is 17.7 Å². The lowest BCUT2D eigenvalue weighted by molar-refractivity contribution is 0.532. The summed E-state index contributed by atoms with van der Waals surface area (Å²) < 4.78 is 14.3. The van der Waals surface area contributed by atoms with E-state index in [-0.39, 0.29) is 11.9 Å². The molecule has 0 fully saturated rings. The molecule has 0 saturated carbocycles. The monoisotopic (exact) mass is 280 g/mol. The molecule has 0 bridgehead atoms. The maximum absolute atomic E-state index is 14.3. The second-order valence-corrected chi connectivity index (χ2v) is 6.38. The Bertz CT molecular complexity index is 405. The van der Waals surface area contributed by atoms with Gasteiger partial charge in [-0.15, -0.1) is 0 Å². The first-order valence-corrected chi connectivity index (χ1v) is 7.57. The number of hydrogen-bond acceptors (Lipinski definition) is 2. The molecule has 0 saturated heterocycles. The van der Waals surface area contributed by atoms with Gasteiger partial charge in [0.05, 0.1) is 0 Å². The smallest absolute Gasteiger partial charge is 0.130 e. The molecular weight excluding hydrogens is 251 g/mol. The molecule has 20 heavy (non-hydrogen) atoms. The third kappa shape index (κ3) is 4.48. The summed E-state index contributed by atoms with van der Waals surface area (Å²) in [5, 5.41) is 3.16.